The molecule has 0 aliphatic carbocycles. The Morgan fingerprint density at radius 2 is 2.22 bits per heavy atom. The van der Waals surface area contributed by atoms with Crippen LogP contribution in [0.15, 0.2) is 24.3 Å². The lowest BCUT2D eigenvalue weighted by atomic mass is 10.0. The molecule has 1 aliphatic rings. The van der Waals surface area contributed by atoms with Crippen molar-refractivity contribution >= 4 is 6.09 Å². The van der Waals surface area contributed by atoms with Crippen molar-refractivity contribution in [1.29, 1.82) is 0 Å². The third-order valence-electron chi connectivity index (χ3n) is 3.96. The van der Waals surface area contributed by atoms with Gasteiger partial charge in [0.05, 0.1) is 6.61 Å². The van der Waals surface area contributed by atoms with Crippen LogP contribution in [0.1, 0.15) is 51.3 Å². The van der Waals surface area contributed by atoms with Crippen LogP contribution in [0.2, 0.25) is 0 Å². The normalized spacial score (nSPS) is 19.7. The molecule has 5 heteroatoms. The van der Waals surface area contributed by atoms with Crippen molar-refractivity contribution in [2.24, 2.45) is 0 Å². The largest absolute Gasteiger partial charge is 0.444 e. The number of nitrogens with zero attached hydrogens (tertiary/aromatic N) is 1. The highest BCUT2D eigenvalue weighted by atomic mass is 16.6. The van der Waals surface area contributed by atoms with Crippen LogP contribution in [-0.4, -0.2) is 40.8 Å². The van der Waals surface area contributed by atoms with Crippen LogP contribution < -0.4 is 5.32 Å². The zero-order chi connectivity index (χ0) is 17.0. The van der Waals surface area contributed by atoms with Gasteiger partial charge in [-0.25, -0.2) is 4.79 Å². The molecule has 1 aromatic carbocycles. The fraction of sp³-hybridized carbons (Fsp3) is 0.611. The van der Waals surface area contributed by atoms with Crippen LogP contribution >= 0.6 is 0 Å². The lowest BCUT2D eigenvalue weighted by molar-refractivity contribution is 0.0290. The summed E-state index contributed by atoms with van der Waals surface area (Å²) in [6, 6.07) is 8.37. The highest BCUT2D eigenvalue weighted by Crippen LogP contribution is 2.20. The molecular weight excluding hydrogens is 292 g/mol. The Kier molecular flexibility index (Phi) is 5.65. The van der Waals surface area contributed by atoms with Crippen molar-refractivity contribution in [3.05, 3.63) is 35.4 Å². The van der Waals surface area contributed by atoms with E-state index in [1.165, 1.54) is 0 Å². The predicted octanol–water partition coefficient (Wildman–Crippen LogP) is 2.84. The molecule has 0 saturated carbocycles. The van der Waals surface area contributed by atoms with E-state index in [9.17, 15) is 9.90 Å². The molecule has 2 rings (SSSR count). The first-order valence-corrected chi connectivity index (χ1v) is 8.22. The van der Waals surface area contributed by atoms with Crippen LogP contribution in [-0.2, 0) is 11.3 Å². The van der Waals surface area contributed by atoms with Gasteiger partial charge in [0.15, 0.2) is 0 Å². The molecule has 1 fully saturated rings. The second kappa shape index (κ2) is 7.32. The molecule has 128 valence electrons. The molecule has 0 aromatic heterocycles. The van der Waals surface area contributed by atoms with Crippen molar-refractivity contribution in [1.82, 2.24) is 10.2 Å². The van der Waals surface area contributed by atoms with Crippen molar-refractivity contribution in [3.63, 3.8) is 0 Å². The van der Waals surface area contributed by atoms with Crippen molar-refractivity contribution in [2.45, 2.75) is 58.4 Å². The van der Waals surface area contributed by atoms with E-state index in [2.05, 4.69) is 18.3 Å². The quantitative estimate of drug-likeness (QED) is 0.895. The maximum atomic E-state index is 12.1. The van der Waals surface area contributed by atoms with Gasteiger partial charge in [0.25, 0.3) is 0 Å². The molecule has 1 aliphatic heterocycles. The van der Waals surface area contributed by atoms with E-state index >= 15 is 0 Å². The van der Waals surface area contributed by atoms with Crippen LogP contribution in [0.4, 0.5) is 4.79 Å². The number of rotatable bonds is 4. The van der Waals surface area contributed by atoms with Gasteiger partial charge in [0.1, 0.15) is 5.60 Å². The van der Waals surface area contributed by atoms with Crippen molar-refractivity contribution in [2.75, 3.05) is 13.1 Å². The summed E-state index contributed by atoms with van der Waals surface area (Å²) in [4.78, 5) is 13.9. The van der Waals surface area contributed by atoms with E-state index in [0.717, 1.165) is 24.1 Å². The number of amides is 1. The second-order valence-electron chi connectivity index (χ2n) is 7.20. The van der Waals surface area contributed by atoms with Gasteiger partial charge in [-0.2, -0.15) is 0 Å². The second-order valence-corrected chi connectivity index (χ2v) is 7.20. The van der Waals surface area contributed by atoms with E-state index < -0.39 is 5.60 Å². The van der Waals surface area contributed by atoms with E-state index in [-0.39, 0.29) is 24.8 Å². The first-order chi connectivity index (χ1) is 10.8. The lowest BCUT2D eigenvalue weighted by Gasteiger charge is -2.25. The van der Waals surface area contributed by atoms with Crippen LogP contribution in [0.3, 0.4) is 0 Å². The fourth-order valence-corrected chi connectivity index (χ4v) is 2.80. The smallest absolute Gasteiger partial charge is 0.410 e. The summed E-state index contributed by atoms with van der Waals surface area (Å²) in [6.07, 6.45) is 0.681. The third kappa shape index (κ3) is 5.22. The van der Waals surface area contributed by atoms with Crippen LogP contribution in [0, 0.1) is 0 Å². The van der Waals surface area contributed by atoms with E-state index in [4.69, 9.17) is 4.74 Å². The first-order valence-electron chi connectivity index (χ1n) is 8.22. The summed E-state index contributed by atoms with van der Waals surface area (Å²) in [5.41, 5.74) is 1.60. The number of hydrogen-bond donors (Lipinski definition) is 2. The molecule has 2 atom stereocenters. The summed E-state index contributed by atoms with van der Waals surface area (Å²) in [6.45, 7) is 9.19. The molecule has 2 unspecified atom stereocenters. The van der Waals surface area contributed by atoms with Gasteiger partial charge < -0.3 is 20.1 Å². The Bertz CT molecular complexity index is 539. The summed E-state index contributed by atoms with van der Waals surface area (Å²) < 4.78 is 5.42. The summed E-state index contributed by atoms with van der Waals surface area (Å²) in [5.74, 6) is 0. The van der Waals surface area contributed by atoms with Gasteiger partial charge in [-0.1, -0.05) is 24.3 Å². The standard InChI is InChI=1S/C18H28N2O3/c1-13(15-7-5-6-14(10-15)12-21)19-16-8-9-20(11-16)17(22)23-18(2,3)4/h5-7,10,13,16,19,21H,8-9,11-12H2,1-4H3. The minimum atomic E-state index is -0.458. The number of hydrogen-bond acceptors (Lipinski definition) is 4. The van der Waals surface area contributed by atoms with Crippen molar-refractivity contribution in [3.8, 4) is 0 Å². The maximum absolute atomic E-state index is 12.1. The molecule has 0 bridgehead atoms. The van der Waals surface area contributed by atoms with Crippen LogP contribution in [0.5, 0.6) is 0 Å². The Morgan fingerprint density at radius 1 is 1.48 bits per heavy atom. The van der Waals surface area contributed by atoms with E-state index in [0.29, 0.717) is 6.54 Å². The zero-order valence-corrected chi connectivity index (χ0v) is 14.5. The summed E-state index contributed by atoms with van der Waals surface area (Å²) in [7, 11) is 0. The maximum Gasteiger partial charge on any atom is 0.410 e. The predicted molar refractivity (Wildman–Crippen MR) is 90.1 cm³/mol. The molecule has 23 heavy (non-hydrogen) atoms. The molecule has 0 radical (unpaired) electrons. The molecule has 0 spiro atoms. The highest BCUT2D eigenvalue weighted by Gasteiger charge is 2.30. The number of likely N-dealkylation sites (tertiary alicyclic amines) is 1. The van der Waals surface area contributed by atoms with Gasteiger partial charge >= 0.3 is 6.09 Å². The molecular formula is C18H28N2O3. The highest BCUT2D eigenvalue weighted by molar-refractivity contribution is 5.68. The summed E-state index contributed by atoms with van der Waals surface area (Å²) in [5, 5.41) is 12.8. The monoisotopic (exact) mass is 320 g/mol. The Balaban J connectivity index is 1.88. The topological polar surface area (TPSA) is 61.8 Å². The Morgan fingerprint density at radius 3 is 2.87 bits per heavy atom. The SMILES string of the molecule is CC(NC1CCN(C(=O)OC(C)(C)C)C1)c1cccc(CO)c1. The number of carbonyl (C=O) groups is 1. The average molecular weight is 320 g/mol. The minimum Gasteiger partial charge on any atom is -0.444 e. The number of carbonyl (C=O) groups excluding carboxylic acids is 1. The van der Waals surface area contributed by atoms with Gasteiger partial charge in [0, 0.05) is 25.2 Å². The Labute approximate surface area is 138 Å². The van der Waals surface area contributed by atoms with Gasteiger partial charge in [0.2, 0.25) is 0 Å². The average Bonchev–Trinajstić information content (AvgIpc) is 2.94. The molecule has 5 nitrogen and oxygen atoms in total. The number of aliphatic hydroxyl groups is 1. The van der Waals surface area contributed by atoms with Crippen LogP contribution in [0.25, 0.3) is 0 Å². The van der Waals surface area contributed by atoms with E-state index in [1.54, 1.807) is 4.90 Å². The molecule has 2 N–H and O–H groups in total. The lowest BCUT2D eigenvalue weighted by Crippen LogP contribution is -2.39. The minimum absolute atomic E-state index is 0.0520. The number of nitrogens with one attached hydrogen (secondary N) is 1. The fourth-order valence-electron chi connectivity index (χ4n) is 2.80. The third-order valence-corrected chi connectivity index (χ3v) is 3.96. The van der Waals surface area contributed by atoms with E-state index in [1.807, 2.05) is 39.0 Å². The first kappa shape index (κ1) is 17.8. The van der Waals surface area contributed by atoms with Crippen molar-refractivity contribution < 1.29 is 14.6 Å². The van der Waals surface area contributed by atoms with Gasteiger partial charge in [-0.05, 0) is 45.2 Å². The van der Waals surface area contributed by atoms with Gasteiger partial charge in [-0.3, -0.25) is 0 Å². The summed E-state index contributed by atoms with van der Waals surface area (Å²) >= 11 is 0. The number of benzene rings is 1. The van der Waals surface area contributed by atoms with Gasteiger partial charge in [-0.15, -0.1) is 0 Å². The number of aliphatic hydroxyl groups excluding tert-OH is 1. The zero-order valence-electron chi connectivity index (χ0n) is 14.5. The molecule has 1 heterocycles. The number of ether oxygens (including phenoxy) is 1. The molecule has 1 amide bonds. The molecule has 1 aromatic rings. The molecule has 1 saturated heterocycles. The Hall–Kier alpha value is -1.59.